The molecule has 4 nitrogen and oxygen atoms in total. The van der Waals surface area contributed by atoms with E-state index in [9.17, 15) is 8.42 Å². The number of hydrogen-bond acceptors (Lipinski definition) is 4. The molecule has 1 aromatic carbocycles. The number of rotatable bonds is 4. The van der Waals surface area contributed by atoms with E-state index in [0.717, 1.165) is 24.1 Å². The average molecular weight is 373 g/mol. The van der Waals surface area contributed by atoms with Gasteiger partial charge in [-0.05, 0) is 49.6 Å². The van der Waals surface area contributed by atoms with Crippen molar-refractivity contribution in [2.24, 2.45) is 5.92 Å². The molecule has 3 rings (SSSR count). The fourth-order valence-corrected chi connectivity index (χ4v) is 4.88. The number of benzene rings is 1. The fourth-order valence-electron chi connectivity index (χ4n) is 3.33. The van der Waals surface area contributed by atoms with E-state index in [-0.39, 0.29) is 5.75 Å². The molecule has 1 aromatic rings. The van der Waals surface area contributed by atoms with Gasteiger partial charge < -0.3 is 10.2 Å². The Balaban J connectivity index is 1.58. The number of sulfone groups is 1. The lowest BCUT2D eigenvalue weighted by Gasteiger charge is -2.24. The first-order valence-corrected chi connectivity index (χ1v) is 9.93. The highest BCUT2D eigenvalue weighted by atomic mass is 79.9. The molecule has 0 saturated carbocycles. The van der Waals surface area contributed by atoms with E-state index in [1.165, 1.54) is 12.8 Å². The summed E-state index contributed by atoms with van der Waals surface area (Å²) in [5.41, 5.74) is 0. The number of piperidine rings is 1. The van der Waals surface area contributed by atoms with Crippen LogP contribution in [-0.2, 0) is 9.84 Å². The van der Waals surface area contributed by atoms with Crippen molar-refractivity contribution in [1.82, 2.24) is 10.2 Å². The SMILES string of the molecule is O=S(=O)(CCN1C[C@@H]2CCCN[C@@H]2C1)c1ccc(Br)cc1. The van der Waals surface area contributed by atoms with E-state index in [1.54, 1.807) is 24.3 Å². The molecule has 0 spiro atoms. The van der Waals surface area contributed by atoms with Crippen LogP contribution in [0.1, 0.15) is 12.8 Å². The fraction of sp³-hybridized carbons (Fsp3) is 0.600. The van der Waals surface area contributed by atoms with Crippen LogP contribution in [0, 0.1) is 5.92 Å². The van der Waals surface area contributed by atoms with Gasteiger partial charge in [0.05, 0.1) is 10.6 Å². The van der Waals surface area contributed by atoms with Crippen LogP contribution in [0.15, 0.2) is 33.6 Å². The van der Waals surface area contributed by atoms with Gasteiger partial charge in [-0.15, -0.1) is 0 Å². The van der Waals surface area contributed by atoms with Crippen LogP contribution in [0.25, 0.3) is 0 Å². The highest BCUT2D eigenvalue weighted by molar-refractivity contribution is 9.10. The Kier molecular flexibility index (Phi) is 4.69. The van der Waals surface area contributed by atoms with Crippen molar-refractivity contribution < 1.29 is 8.42 Å². The lowest BCUT2D eigenvalue weighted by molar-refractivity contribution is 0.331. The third kappa shape index (κ3) is 3.67. The highest BCUT2D eigenvalue weighted by Gasteiger charge is 2.34. The minimum Gasteiger partial charge on any atom is -0.312 e. The topological polar surface area (TPSA) is 49.4 Å². The molecular formula is C15H21BrN2O2S. The number of likely N-dealkylation sites (tertiary alicyclic amines) is 1. The number of fused-ring (bicyclic) bond motifs is 1. The molecule has 2 fully saturated rings. The summed E-state index contributed by atoms with van der Waals surface area (Å²) < 4.78 is 25.6. The van der Waals surface area contributed by atoms with Gasteiger partial charge in [0.15, 0.2) is 9.84 Å². The summed E-state index contributed by atoms with van der Waals surface area (Å²) in [5.74, 6) is 0.905. The summed E-state index contributed by atoms with van der Waals surface area (Å²) in [5, 5.41) is 3.55. The molecule has 0 unspecified atom stereocenters. The van der Waals surface area contributed by atoms with Crippen LogP contribution >= 0.6 is 15.9 Å². The third-order valence-electron chi connectivity index (χ3n) is 4.52. The largest absolute Gasteiger partial charge is 0.312 e. The van der Waals surface area contributed by atoms with Crippen molar-refractivity contribution in [3.05, 3.63) is 28.7 Å². The van der Waals surface area contributed by atoms with E-state index < -0.39 is 9.84 Å². The first kappa shape index (κ1) is 15.5. The standard InChI is InChI=1S/C15H21BrN2O2S/c16-13-3-5-14(6-4-13)21(19,20)9-8-18-10-12-2-1-7-17-15(12)11-18/h3-6,12,15,17H,1-2,7-11H2/t12-,15+/m0/s1. The van der Waals surface area contributed by atoms with Crippen molar-refractivity contribution >= 4 is 25.8 Å². The zero-order valence-electron chi connectivity index (χ0n) is 12.0. The van der Waals surface area contributed by atoms with Crippen molar-refractivity contribution in [3.63, 3.8) is 0 Å². The van der Waals surface area contributed by atoms with Crippen LogP contribution in [0.5, 0.6) is 0 Å². The second kappa shape index (κ2) is 6.36. The van der Waals surface area contributed by atoms with Gasteiger partial charge in [0.2, 0.25) is 0 Å². The number of hydrogen-bond donors (Lipinski definition) is 1. The molecule has 116 valence electrons. The summed E-state index contributed by atoms with van der Waals surface area (Å²) in [6.45, 7) is 3.76. The smallest absolute Gasteiger partial charge is 0.179 e. The minimum atomic E-state index is -3.18. The first-order chi connectivity index (χ1) is 10.0. The Labute approximate surface area is 135 Å². The molecule has 0 radical (unpaired) electrons. The van der Waals surface area contributed by atoms with Gasteiger partial charge in [-0.25, -0.2) is 8.42 Å². The van der Waals surface area contributed by atoms with Crippen LogP contribution in [0.2, 0.25) is 0 Å². The monoisotopic (exact) mass is 372 g/mol. The highest BCUT2D eigenvalue weighted by Crippen LogP contribution is 2.25. The molecule has 2 saturated heterocycles. The number of nitrogens with one attached hydrogen (secondary N) is 1. The van der Waals surface area contributed by atoms with Crippen molar-refractivity contribution in [2.45, 2.75) is 23.8 Å². The molecule has 2 atom stereocenters. The minimum absolute atomic E-state index is 0.202. The van der Waals surface area contributed by atoms with Gasteiger partial charge in [0.1, 0.15) is 0 Å². The molecule has 0 bridgehead atoms. The predicted octanol–water partition coefficient (Wildman–Crippen LogP) is 1.91. The van der Waals surface area contributed by atoms with Gasteiger partial charge in [0.25, 0.3) is 0 Å². The molecule has 2 aliphatic heterocycles. The van der Waals surface area contributed by atoms with Gasteiger partial charge in [-0.2, -0.15) is 0 Å². The van der Waals surface area contributed by atoms with Crippen molar-refractivity contribution in [3.8, 4) is 0 Å². The molecule has 21 heavy (non-hydrogen) atoms. The van der Waals surface area contributed by atoms with Gasteiger partial charge >= 0.3 is 0 Å². The van der Waals surface area contributed by atoms with E-state index in [0.29, 0.717) is 23.4 Å². The first-order valence-electron chi connectivity index (χ1n) is 7.49. The maximum Gasteiger partial charge on any atom is 0.179 e. The van der Waals surface area contributed by atoms with E-state index >= 15 is 0 Å². The lowest BCUT2D eigenvalue weighted by atomic mass is 9.94. The molecular weight excluding hydrogens is 352 g/mol. The summed E-state index contributed by atoms with van der Waals surface area (Å²) >= 11 is 3.33. The van der Waals surface area contributed by atoms with Crippen molar-refractivity contribution in [1.29, 1.82) is 0 Å². The van der Waals surface area contributed by atoms with E-state index in [2.05, 4.69) is 26.1 Å². The molecule has 0 aliphatic carbocycles. The van der Waals surface area contributed by atoms with Crippen LogP contribution < -0.4 is 5.32 Å². The Hall–Kier alpha value is -0.430. The Morgan fingerprint density at radius 1 is 1.24 bits per heavy atom. The van der Waals surface area contributed by atoms with Crippen LogP contribution in [-0.4, -0.2) is 51.3 Å². The summed E-state index contributed by atoms with van der Waals surface area (Å²) in [7, 11) is -3.18. The quantitative estimate of drug-likeness (QED) is 0.876. The summed E-state index contributed by atoms with van der Waals surface area (Å²) in [6.07, 6.45) is 2.51. The maximum atomic E-state index is 12.4. The maximum absolute atomic E-state index is 12.4. The Morgan fingerprint density at radius 2 is 2.00 bits per heavy atom. The normalized spacial score (nSPS) is 26.7. The van der Waals surface area contributed by atoms with E-state index in [1.807, 2.05) is 0 Å². The van der Waals surface area contributed by atoms with Gasteiger partial charge in [-0.3, -0.25) is 0 Å². The van der Waals surface area contributed by atoms with Crippen LogP contribution in [0.3, 0.4) is 0 Å². The molecule has 2 aliphatic rings. The predicted molar refractivity (Wildman–Crippen MR) is 87.1 cm³/mol. The Morgan fingerprint density at radius 3 is 2.71 bits per heavy atom. The third-order valence-corrected chi connectivity index (χ3v) is 6.76. The lowest BCUT2D eigenvalue weighted by Crippen LogP contribution is -2.40. The molecule has 1 N–H and O–H groups in total. The van der Waals surface area contributed by atoms with Crippen LogP contribution in [0.4, 0.5) is 0 Å². The van der Waals surface area contributed by atoms with Gasteiger partial charge in [0, 0.05) is 30.1 Å². The summed E-state index contributed by atoms with van der Waals surface area (Å²) in [6, 6.07) is 7.46. The summed E-state index contributed by atoms with van der Waals surface area (Å²) in [4.78, 5) is 2.71. The van der Waals surface area contributed by atoms with E-state index in [4.69, 9.17) is 0 Å². The number of halogens is 1. The average Bonchev–Trinajstić information content (AvgIpc) is 2.89. The van der Waals surface area contributed by atoms with Crippen molar-refractivity contribution in [2.75, 3.05) is 31.9 Å². The second-order valence-electron chi connectivity index (χ2n) is 6.00. The molecule has 2 heterocycles. The molecule has 6 heteroatoms. The zero-order valence-corrected chi connectivity index (χ0v) is 14.4. The van der Waals surface area contributed by atoms with Gasteiger partial charge in [-0.1, -0.05) is 15.9 Å². The number of nitrogens with zero attached hydrogens (tertiary/aromatic N) is 1. The molecule has 0 aromatic heterocycles. The Bertz CT molecular complexity index is 574. The zero-order chi connectivity index (χ0) is 14.9. The molecule has 0 amide bonds. The second-order valence-corrected chi connectivity index (χ2v) is 9.02.